The number of sulfone groups is 1. The van der Waals surface area contributed by atoms with E-state index < -0.39 is 21.9 Å². The molecule has 1 aliphatic heterocycles. The number of aromatic carboxylic acids is 1. The Bertz CT molecular complexity index is 581. The molecule has 1 fully saturated rings. The monoisotopic (exact) mass is 290 g/mol. The summed E-state index contributed by atoms with van der Waals surface area (Å²) >= 11 is 5.77. The molecule has 1 atom stereocenters. The second-order valence-corrected chi connectivity index (χ2v) is 6.75. The predicted molar refractivity (Wildman–Crippen MR) is 66.1 cm³/mol. The number of halogens is 1. The lowest BCUT2D eigenvalue weighted by Crippen LogP contribution is -2.19. The Kier molecular flexibility index (Phi) is 3.49. The first kappa shape index (κ1) is 13.2. The fraction of sp³-hybridized carbons (Fsp3) is 0.364. The van der Waals surface area contributed by atoms with Crippen molar-refractivity contribution < 1.29 is 23.1 Å². The van der Waals surface area contributed by atoms with E-state index in [9.17, 15) is 13.2 Å². The van der Waals surface area contributed by atoms with Gasteiger partial charge in [-0.3, -0.25) is 0 Å². The van der Waals surface area contributed by atoms with Gasteiger partial charge < -0.3 is 9.84 Å². The van der Waals surface area contributed by atoms with Crippen LogP contribution in [-0.4, -0.2) is 37.1 Å². The van der Waals surface area contributed by atoms with Gasteiger partial charge in [0.05, 0.1) is 11.5 Å². The average Bonchev–Trinajstić information content (AvgIpc) is 2.57. The molecule has 1 aliphatic rings. The van der Waals surface area contributed by atoms with Gasteiger partial charge in [0.25, 0.3) is 0 Å². The van der Waals surface area contributed by atoms with Crippen LogP contribution < -0.4 is 4.74 Å². The molecule has 0 aromatic heterocycles. The first-order chi connectivity index (χ1) is 8.37. The molecule has 0 aliphatic carbocycles. The van der Waals surface area contributed by atoms with Gasteiger partial charge in [-0.2, -0.15) is 0 Å². The molecule has 5 nitrogen and oxygen atoms in total. The molecule has 1 aromatic rings. The van der Waals surface area contributed by atoms with Gasteiger partial charge in [0, 0.05) is 5.02 Å². The van der Waals surface area contributed by atoms with Crippen LogP contribution in [0.4, 0.5) is 0 Å². The van der Waals surface area contributed by atoms with Crippen molar-refractivity contribution in [3.05, 3.63) is 28.8 Å². The normalized spacial score (nSPS) is 21.7. The van der Waals surface area contributed by atoms with Crippen LogP contribution in [0.2, 0.25) is 5.02 Å². The highest BCUT2D eigenvalue weighted by atomic mass is 35.5. The molecular formula is C11H11ClO5S. The summed E-state index contributed by atoms with van der Waals surface area (Å²) in [6.45, 7) is 0. The minimum Gasteiger partial charge on any atom is -0.488 e. The third-order valence-corrected chi connectivity index (χ3v) is 4.63. The van der Waals surface area contributed by atoms with Gasteiger partial charge in [-0.25, -0.2) is 13.2 Å². The third-order valence-electron chi connectivity index (χ3n) is 2.66. The van der Waals surface area contributed by atoms with Crippen LogP contribution in [0.25, 0.3) is 0 Å². The molecule has 0 saturated carbocycles. The number of benzene rings is 1. The highest BCUT2D eigenvalue weighted by Gasteiger charge is 2.30. The third kappa shape index (κ3) is 2.94. The zero-order valence-electron chi connectivity index (χ0n) is 9.30. The van der Waals surface area contributed by atoms with E-state index in [2.05, 4.69) is 0 Å². The molecule has 7 heteroatoms. The van der Waals surface area contributed by atoms with E-state index in [-0.39, 0.29) is 22.8 Å². The molecule has 0 radical (unpaired) electrons. The fourth-order valence-corrected chi connectivity index (χ4v) is 3.56. The zero-order chi connectivity index (χ0) is 13.3. The average molecular weight is 291 g/mol. The van der Waals surface area contributed by atoms with E-state index >= 15 is 0 Å². The Balaban J connectivity index is 2.23. The fourth-order valence-electron chi connectivity index (χ4n) is 1.80. The van der Waals surface area contributed by atoms with E-state index in [0.29, 0.717) is 11.4 Å². The quantitative estimate of drug-likeness (QED) is 0.914. The van der Waals surface area contributed by atoms with E-state index in [0.717, 1.165) is 0 Å². The molecule has 1 unspecified atom stereocenters. The van der Waals surface area contributed by atoms with Crippen molar-refractivity contribution in [2.45, 2.75) is 12.5 Å². The van der Waals surface area contributed by atoms with Crippen LogP contribution in [0, 0.1) is 0 Å². The summed E-state index contributed by atoms with van der Waals surface area (Å²) in [5, 5.41) is 9.34. The minimum atomic E-state index is -3.06. The maximum Gasteiger partial charge on any atom is 0.339 e. The van der Waals surface area contributed by atoms with E-state index in [1.54, 1.807) is 0 Å². The number of rotatable bonds is 3. The molecular weight excluding hydrogens is 280 g/mol. The van der Waals surface area contributed by atoms with Gasteiger partial charge in [0.2, 0.25) is 0 Å². The van der Waals surface area contributed by atoms with Crippen molar-refractivity contribution in [1.82, 2.24) is 0 Å². The second kappa shape index (κ2) is 4.78. The standard InChI is InChI=1S/C11H11ClO5S/c12-7-1-2-9(11(13)14)10(5-7)17-8-3-4-18(15,16)6-8/h1-2,5,8H,3-4,6H2,(H,13,14). The number of hydrogen-bond acceptors (Lipinski definition) is 4. The molecule has 1 aromatic carbocycles. The summed E-state index contributed by atoms with van der Waals surface area (Å²) in [5.41, 5.74) is -0.0244. The van der Waals surface area contributed by atoms with Crippen LogP contribution in [0.5, 0.6) is 5.75 Å². The highest BCUT2D eigenvalue weighted by molar-refractivity contribution is 7.91. The van der Waals surface area contributed by atoms with Crippen molar-refractivity contribution >= 4 is 27.4 Å². The number of carboxylic acids is 1. The SMILES string of the molecule is O=C(O)c1ccc(Cl)cc1OC1CCS(=O)(=O)C1. The summed E-state index contributed by atoms with van der Waals surface area (Å²) in [6.07, 6.45) is -0.139. The summed E-state index contributed by atoms with van der Waals surface area (Å²) < 4.78 is 28.0. The van der Waals surface area contributed by atoms with Gasteiger partial charge in [0.1, 0.15) is 17.4 Å². The molecule has 0 amide bonds. The Morgan fingerprint density at radius 1 is 1.44 bits per heavy atom. The van der Waals surface area contributed by atoms with Crippen molar-refractivity contribution in [2.24, 2.45) is 0 Å². The number of hydrogen-bond donors (Lipinski definition) is 1. The van der Waals surface area contributed by atoms with E-state index in [1.807, 2.05) is 0 Å². The van der Waals surface area contributed by atoms with Crippen molar-refractivity contribution in [2.75, 3.05) is 11.5 Å². The molecule has 98 valence electrons. The van der Waals surface area contributed by atoms with E-state index in [1.165, 1.54) is 18.2 Å². The predicted octanol–water partition coefficient (Wildman–Crippen LogP) is 1.60. The molecule has 0 spiro atoms. The second-order valence-electron chi connectivity index (χ2n) is 4.09. The summed E-state index contributed by atoms with van der Waals surface area (Å²) in [6, 6.07) is 4.17. The number of carbonyl (C=O) groups is 1. The molecule has 1 N–H and O–H groups in total. The molecule has 2 rings (SSSR count). The van der Waals surface area contributed by atoms with Crippen LogP contribution in [0.1, 0.15) is 16.8 Å². The van der Waals surface area contributed by atoms with Crippen molar-refractivity contribution in [1.29, 1.82) is 0 Å². The van der Waals surface area contributed by atoms with Gasteiger partial charge in [-0.1, -0.05) is 11.6 Å². The Hall–Kier alpha value is -1.27. The summed E-state index contributed by atoms with van der Waals surface area (Å²) in [7, 11) is -3.06. The lowest BCUT2D eigenvalue weighted by Gasteiger charge is -2.14. The Morgan fingerprint density at radius 3 is 2.72 bits per heavy atom. The van der Waals surface area contributed by atoms with Gasteiger partial charge in [0.15, 0.2) is 9.84 Å². The zero-order valence-corrected chi connectivity index (χ0v) is 10.9. The summed E-state index contributed by atoms with van der Waals surface area (Å²) in [4.78, 5) is 11.0. The topological polar surface area (TPSA) is 80.7 Å². The number of ether oxygens (including phenoxy) is 1. The summed E-state index contributed by atoms with van der Waals surface area (Å²) in [5.74, 6) is -1.04. The van der Waals surface area contributed by atoms with E-state index in [4.69, 9.17) is 21.4 Å². The van der Waals surface area contributed by atoms with Crippen molar-refractivity contribution in [3.63, 3.8) is 0 Å². The van der Waals surface area contributed by atoms with Gasteiger partial charge >= 0.3 is 5.97 Å². The van der Waals surface area contributed by atoms with Crippen molar-refractivity contribution in [3.8, 4) is 5.75 Å². The van der Waals surface area contributed by atoms with Crippen LogP contribution in [-0.2, 0) is 9.84 Å². The van der Waals surface area contributed by atoms with Gasteiger partial charge in [-0.05, 0) is 24.6 Å². The maximum atomic E-state index is 11.3. The first-order valence-electron chi connectivity index (χ1n) is 5.27. The molecule has 18 heavy (non-hydrogen) atoms. The van der Waals surface area contributed by atoms with Crippen LogP contribution in [0.3, 0.4) is 0 Å². The Labute approximate surface area is 109 Å². The highest BCUT2D eigenvalue weighted by Crippen LogP contribution is 2.27. The molecule has 0 bridgehead atoms. The van der Waals surface area contributed by atoms with Crippen LogP contribution in [0.15, 0.2) is 18.2 Å². The van der Waals surface area contributed by atoms with Crippen LogP contribution >= 0.6 is 11.6 Å². The smallest absolute Gasteiger partial charge is 0.339 e. The maximum absolute atomic E-state index is 11.3. The lowest BCUT2D eigenvalue weighted by molar-refractivity contribution is 0.0690. The molecule has 1 heterocycles. The molecule has 1 saturated heterocycles. The lowest BCUT2D eigenvalue weighted by atomic mass is 10.2. The number of carboxylic acid groups (broad SMARTS) is 1. The largest absolute Gasteiger partial charge is 0.488 e. The van der Waals surface area contributed by atoms with Gasteiger partial charge in [-0.15, -0.1) is 0 Å². The first-order valence-corrected chi connectivity index (χ1v) is 7.47. The minimum absolute atomic E-state index is 0.0244. The Morgan fingerprint density at radius 2 is 2.17 bits per heavy atom.